The number of rotatable bonds is 19. The lowest BCUT2D eigenvalue weighted by Crippen LogP contribution is -2.49. The predicted octanol–water partition coefficient (Wildman–Crippen LogP) is 7.23. The van der Waals surface area contributed by atoms with Crippen LogP contribution in [0.3, 0.4) is 0 Å². The smallest absolute Gasteiger partial charge is 0.407 e. The Bertz CT molecular complexity index is 1170. The molecule has 0 unspecified atom stereocenters. The third kappa shape index (κ3) is 15.7. The molecule has 1 fully saturated rings. The Morgan fingerprint density at radius 1 is 0.959 bits per heavy atom. The second-order valence-electron chi connectivity index (χ2n) is 15.4. The number of carbonyl (C=O) groups excluding carboxylic acids is 3. The van der Waals surface area contributed by atoms with E-state index < -0.39 is 35.6 Å². The van der Waals surface area contributed by atoms with Gasteiger partial charge in [0, 0.05) is 44.6 Å². The number of hydrogen-bond acceptors (Lipinski definition) is 7. The lowest BCUT2D eigenvalue weighted by Gasteiger charge is -2.34. The molecule has 2 rings (SSSR count). The van der Waals surface area contributed by atoms with Crippen LogP contribution < -0.4 is 20.7 Å². The normalized spacial score (nSPS) is 17.2. The Hall–Kier alpha value is -2.92. The lowest BCUT2D eigenvalue weighted by molar-refractivity contribution is -0.128. The van der Waals surface area contributed by atoms with Crippen LogP contribution in [0.5, 0.6) is 5.75 Å². The fraction of sp³-hybridized carbons (Fsp3) is 0.763. The summed E-state index contributed by atoms with van der Waals surface area (Å²) in [5, 5.41) is 20.6. The number of halogens is 1. The molecule has 1 aromatic rings. The summed E-state index contributed by atoms with van der Waals surface area (Å²) < 4.78 is 30.3. The highest BCUT2D eigenvalue weighted by atomic mass is 19.1. The molecule has 0 aromatic heterocycles. The number of amides is 3. The van der Waals surface area contributed by atoms with Gasteiger partial charge in [-0.15, -0.1) is 0 Å². The number of aliphatic hydroxyl groups is 1. The molecule has 10 nitrogen and oxygen atoms in total. The summed E-state index contributed by atoms with van der Waals surface area (Å²) in [6.45, 7) is 16.0. The van der Waals surface area contributed by atoms with Gasteiger partial charge in [0.15, 0.2) is 0 Å². The molecule has 1 aliphatic rings. The summed E-state index contributed by atoms with van der Waals surface area (Å²) in [6, 6.07) is 3.21. The van der Waals surface area contributed by atoms with E-state index in [1.807, 2.05) is 27.7 Å². The Balaban J connectivity index is 2.22. The molecule has 49 heavy (non-hydrogen) atoms. The van der Waals surface area contributed by atoms with E-state index >= 15 is 0 Å². The molecule has 1 aliphatic carbocycles. The maximum atomic E-state index is 14.0. The fourth-order valence-corrected chi connectivity index (χ4v) is 6.42. The first-order chi connectivity index (χ1) is 23.0. The number of carbonyl (C=O) groups is 3. The van der Waals surface area contributed by atoms with E-state index in [1.54, 1.807) is 27.9 Å². The van der Waals surface area contributed by atoms with Crippen molar-refractivity contribution >= 4 is 23.6 Å². The number of nitrogens with one attached hydrogen (secondary N) is 3. The highest BCUT2D eigenvalue weighted by Gasteiger charge is 2.35. The highest BCUT2D eigenvalue weighted by molar-refractivity contribution is 5.92. The lowest BCUT2D eigenvalue weighted by atomic mass is 9.81. The van der Waals surface area contributed by atoms with Gasteiger partial charge in [0.05, 0.1) is 24.4 Å². The van der Waals surface area contributed by atoms with Crippen molar-refractivity contribution in [3.05, 3.63) is 24.0 Å². The molecule has 3 amide bonds. The molecule has 280 valence electrons. The van der Waals surface area contributed by atoms with E-state index in [9.17, 15) is 23.9 Å². The van der Waals surface area contributed by atoms with Crippen LogP contribution in [0.2, 0.25) is 0 Å². The van der Waals surface area contributed by atoms with Gasteiger partial charge in [-0.3, -0.25) is 9.59 Å². The van der Waals surface area contributed by atoms with Gasteiger partial charge in [-0.1, -0.05) is 47.0 Å². The summed E-state index contributed by atoms with van der Waals surface area (Å²) in [5.74, 6) is -1.02. The van der Waals surface area contributed by atoms with Crippen molar-refractivity contribution in [2.75, 3.05) is 25.6 Å². The summed E-state index contributed by atoms with van der Waals surface area (Å²) >= 11 is 0. The molecule has 0 saturated heterocycles. The van der Waals surface area contributed by atoms with Gasteiger partial charge in [0.25, 0.3) is 0 Å². The van der Waals surface area contributed by atoms with E-state index in [2.05, 4.69) is 22.9 Å². The minimum Gasteiger partial charge on any atom is -0.491 e. The molecule has 0 radical (unpaired) electrons. The van der Waals surface area contributed by atoms with Crippen molar-refractivity contribution in [2.24, 2.45) is 29.6 Å². The SMILES string of the molecule is COCCCOc1cc(F)ccc1NC(=O)C[C@@H](C[C@H](NC(=O)OC(C)(C)C)[C@@H](O)C[C@H](C(=O)N[C@@H](C)C1CCCCC1)C(C)C)C(C)C. The van der Waals surface area contributed by atoms with E-state index in [-0.39, 0.29) is 60.6 Å². The van der Waals surface area contributed by atoms with Gasteiger partial charge in [-0.2, -0.15) is 0 Å². The zero-order valence-electron chi connectivity index (χ0n) is 31.4. The van der Waals surface area contributed by atoms with Crippen LogP contribution in [0.4, 0.5) is 14.9 Å². The van der Waals surface area contributed by atoms with Crippen LogP contribution in [0.25, 0.3) is 0 Å². The minimum absolute atomic E-state index is 0.000550. The first-order valence-electron chi connectivity index (χ1n) is 18.2. The quantitative estimate of drug-likeness (QED) is 0.112. The molecular weight excluding hydrogens is 629 g/mol. The highest BCUT2D eigenvalue weighted by Crippen LogP contribution is 2.30. The standard InChI is InChI=1S/C38H64FN3O7/c1-24(2)28(21-35(44)41-31-17-16-29(39)22-34(31)48-19-13-18-47-9)20-32(42-37(46)49-38(6,7)8)33(43)23-30(25(3)4)36(45)40-26(5)27-14-11-10-12-15-27/h16-17,22,24-28,30,32-33,43H,10-15,18-21,23H2,1-9H3,(H,40,45)(H,41,44)(H,42,46)/t26-,28+,30-,32-,33-/m0/s1. The number of anilines is 1. The number of alkyl carbamates (subject to hydrolysis) is 1. The molecular formula is C38H64FN3O7. The van der Waals surface area contributed by atoms with E-state index in [0.717, 1.165) is 12.8 Å². The van der Waals surface area contributed by atoms with Crippen LogP contribution in [-0.4, -0.2) is 67.1 Å². The number of hydrogen-bond donors (Lipinski definition) is 4. The molecule has 1 saturated carbocycles. The molecule has 11 heteroatoms. The van der Waals surface area contributed by atoms with Gasteiger partial charge in [0.2, 0.25) is 11.8 Å². The Kier molecular flexibility index (Phi) is 17.8. The van der Waals surface area contributed by atoms with Crippen molar-refractivity contribution in [2.45, 2.75) is 137 Å². The molecule has 0 bridgehead atoms. The zero-order chi connectivity index (χ0) is 36.7. The Morgan fingerprint density at radius 3 is 2.22 bits per heavy atom. The van der Waals surface area contributed by atoms with Crippen LogP contribution in [0, 0.1) is 35.4 Å². The third-order valence-corrected chi connectivity index (χ3v) is 9.45. The average molecular weight is 694 g/mol. The average Bonchev–Trinajstić information content (AvgIpc) is 3.01. The van der Waals surface area contributed by atoms with E-state index in [0.29, 0.717) is 31.2 Å². The first-order valence-corrected chi connectivity index (χ1v) is 18.2. The molecule has 0 aliphatic heterocycles. The van der Waals surface area contributed by atoms with E-state index in [1.165, 1.54) is 37.5 Å². The molecule has 1 aromatic carbocycles. The number of methoxy groups -OCH3 is 1. The minimum atomic E-state index is -1.08. The molecule has 5 atom stereocenters. The largest absolute Gasteiger partial charge is 0.491 e. The van der Waals surface area contributed by atoms with Crippen LogP contribution in [-0.2, 0) is 19.1 Å². The van der Waals surface area contributed by atoms with Crippen LogP contribution in [0.15, 0.2) is 18.2 Å². The van der Waals surface area contributed by atoms with E-state index in [4.69, 9.17) is 14.2 Å². The molecule has 0 heterocycles. The number of aliphatic hydroxyl groups excluding tert-OH is 1. The van der Waals surface area contributed by atoms with Gasteiger partial charge in [-0.05, 0) is 89.2 Å². The summed E-state index contributed by atoms with van der Waals surface area (Å²) in [4.78, 5) is 40.0. The third-order valence-electron chi connectivity index (χ3n) is 9.45. The van der Waals surface area contributed by atoms with Gasteiger partial charge in [0.1, 0.15) is 17.2 Å². The van der Waals surface area contributed by atoms with Crippen molar-refractivity contribution in [1.82, 2.24) is 10.6 Å². The van der Waals surface area contributed by atoms with Crippen molar-refractivity contribution in [1.29, 1.82) is 0 Å². The molecule has 4 N–H and O–H groups in total. The van der Waals surface area contributed by atoms with Crippen LogP contribution >= 0.6 is 0 Å². The van der Waals surface area contributed by atoms with Crippen molar-refractivity contribution < 1.29 is 38.1 Å². The summed E-state index contributed by atoms with van der Waals surface area (Å²) in [6.07, 6.45) is 5.12. The Labute approximate surface area is 294 Å². The maximum Gasteiger partial charge on any atom is 0.407 e. The first kappa shape index (κ1) is 42.2. The number of ether oxygens (including phenoxy) is 3. The van der Waals surface area contributed by atoms with Gasteiger partial charge in [-0.25, -0.2) is 9.18 Å². The zero-order valence-corrected chi connectivity index (χ0v) is 31.4. The maximum absolute atomic E-state index is 14.0. The molecule has 0 spiro atoms. The second-order valence-corrected chi connectivity index (χ2v) is 15.4. The second kappa shape index (κ2) is 20.7. The van der Waals surface area contributed by atoms with Crippen molar-refractivity contribution in [3.63, 3.8) is 0 Å². The van der Waals surface area contributed by atoms with Gasteiger partial charge >= 0.3 is 6.09 Å². The predicted molar refractivity (Wildman–Crippen MR) is 191 cm³/mol. The topological polar surface area (TPSA) is 135 Å². The number of benzene rings is 1. The van der Waals surface area contributed by atoms with Crippen LogP contribution in [0.1, 0.15) is 113 Å². The fourth-order valence-electron chi connectivity index (χ4n) is 6.42. The monoisotopic (exact) mass is 693 g/mol. The van der Waals surface area contributed by atoms with Crippen molar-refractivity contribution in [3.8, 4) is 5.75 Å². The van der Waals surface area contributed by atoms with Gasteiger partial charge < -0.3 is 35.3 Å². The summed E-state index contributed by atoms with van der Waals surface area (Å²) in [5.41, 5.74) is -0.409. The Morgan fingerprint density at radius 2 is 1.63 bits per heavy atom. The summed E-state index contributed by atoms with van der Waals surface area (Å²) in [7, 11) is 1.59.